The number of hydrogen-bond acceptors (Lipinski definition) is 7. The maximum absolute atomic E-state index is 13.0. The Balaban J connectivity index is 1.94. The highest BCUT2D eigenvalue weighted by Crippen LogP contribution is 2.56. The molecule has 28 heavy (non-hydrogen) atoms. The zero-order chi connectivity index (χ0) is 21.0. The average Bonchev–Trinajstić information content (AvgIpc) is 3.39. The molecular weight excluding hydrogens is 366 g/mol. The van der Waals surface area contributed by atoms with E-state index in [2.05, 4.69) is 0 Å². The molecule has 0 aromatic carbocycles. The normalized spacial score (nSPS) is 39.6. The molecule has 1 saturated carbocycles. The Bertz CT molecular complexity index is 602. The van der Waals surface area contributed by atoms with Crippen molar-refractivity contribution < 1.29 is 33.2 Å². The Morgan fingerprint density at radius 2 is 1.64 bits per heavy atom. The minimum Gasteiger partial charge on any atom is -0.444 e. The van der Waals surface area contributed by atoms with Crippen molar-refractivity contribution in [1.29, 1.82) is 0 Å². The molecule has 3 aliphatic rings. The Hall–Kier alpha value is -0.930. The van der Waals surface area contributed by atoms with Crippen LogP contribution in [0.5, 0.6) is 0 Å². The van der Waals surface area contributed by atoms with Gasteiger partial charge in [0.15, 0.2) is 0 Å². The molecule has 8 heteroatoms. The van der Waals surface area contributed by atoms with Crippen LogP contribution in [-0.4, -0.2) is 80.4 Å². The summed E-state index contributed by atoms with van der Waals surface area (Å²) >= 11 is 0. The molecule has 8 nitrogen and oxygen atoms in total. The van der Waals surface area contributed by atoms with Crippen LogP contribution in [-0.2, 0) is 28.4 Å². The highest BCUT2D eigenvalue weighted by Gasteiger charge is 2.68. The van der Waals surface area contributed by atoms with E-state index in [1.807, 2.05) is 32.6 Å². The Kier molecular flexibility index (Phi) is 5.51. The van der Waals surface area contributed by atoms with Gasteiger partial charge in [-0.15, -0.1) is 0 Å². The fraction of sp³-hybridized carbons (Fsp3) is 0.950. The van der Waals surface area contributed by atoms with Crippen LogP contribution in [0.4, 0.5) is 4.79 Å². The van der Waals surface area contributed by atoms with E-state index in [0.29, 0.717) is 13.2 Å². The van der Waals surface area contributed by atoms with E-state index in [9.17, 15) is 4.79 Å². The molecule has 0 aromatic heterocycles. The number of rotatable bonds is 4. The first kappa shape index (κ1) is 21.8. The predicted octanol–water partition coefficient (Wildman–Crippen LogP) is 2.54. The first-order valence-corrected chi connectivity index (χ1v) is 9.91. The molecule has 0 aromatic rings. The summed E-state index contributed by atoms with van der Waals surface area (Å²) in [5.74, 6) is -2.26. The van der Waals surface area contributed by atoms with Crippen LogP contribution in [0.2, 0.25) is 0 Å². The summed E-state index contributed by atoms with van der Waals surface area (Å²) < 4.78 is 35.4. The third-order valence-electron chi connectivity index (χ3n) is 6.42. The molecule has 0 N–H and O–H groups in total. The second kappa shape index (κ2) is 7.09. The zero-order valence-electron chi connectivity index (χ0n) is 18.4. The number of ether oxygens (including phenoxy) is 6. The number of hydrogen-bond donors (Lipinski definition) is 0. The number of amides is 1. The lowest BCUT2D eigenvalue weighted by atomic mass is 9.81. The van der Waals surface area contributed by atoms with Gasteiger partial charge in [0.1, 0.15) is 11.7 Å². The van der Waals surface area contributed by atoms with Crippen LogP contribution < -0.4 is 0 Å². The molecule has 162 valence electrons. The average molecular weight is 402 g/mol. The monoisotopic (exact) mass is 401 g/mol. The van der Waals surface area contributed by atoms with Gasteiger partial charge in [0.05, 0.1) is 24.8 Å². The topological polar surface area (TPSA) is 75.7 Å². The lowest BCUT2D eigenvalue weighted by Gasteiger charge is -2.58. The predicted molar refractivity (Wildman–Crippen MR) is 101 cm³/mol. The number of likely N-dealkylation sites (tertiary alicyclic amines) is 1. The molecule has 0 radical (unpaired) electrons. The molecule has 2 aliphatic heterocycles. The quantitative estimate of drug-likeness (QED) is 0.716. The molecule has 5 unspecified atom stereocenters. The summed E-state index contributed by atoms with van der Waals surface area (Å²) in [7, 11) is 4.80. The number of piperidine rings is 1. The van der Waals surface area contributed by atoms with Gasteiger partial charge in [-0.1, -0.05) is 0 Å². The van der Waals surface area contributed by atoms with Crippen LogP contribution in [0, 0.1) is 5.92 Å². The van der Waals surface area contributed by atoms with Crippen LogP contribution in [0.25, 0.3) is 0 Å². The van der Waals surface area contributed by atoms with Crippen LogP contribution in [0.1, 0.15) is 47.5 Å². The van der Waals surface area contributed by atoms with E-state index in [1.165, 1.54) is 0 Å². The minimum atomic E-state index is -1.12. The number of nitrogens with zero attached hydrogens (tertiary/aromatic N) is 1. The van der Waals surface area contributed by atoms with Gasteiger partial charge in [0, 0.05) is 27.2 Å². The maximum Gasteiger partial charge on any atom is 0.410 e. The maximum atomic E-state index is 13.0. The van der Waals surface area contributed by atoms with E-state index in [4.69, 9.17) is 28.4 Å². The lowest BCUT2D eigenvalue weighted by molar-refractivity contribution is -0.459. The van der Waals surface area contributed by atoms with E-state index in [1.54, 1.807) is 28.3 Å². The molecule has 1 aliphatic carbocycles. The van der Waals surface area contributed by atoms with Gasteiger partial charge in [0.25, 0.3) is 0 Å². The second-order valence-electron chi connectivity index (χ2n) is 9.29. The van der Waals surface area contributed by atoms with Gasteiger partial charge >= 0.3 is 6.09 Å². The molecular formula is C20H35NO7. The van der Waals surface area contributed by atoms with Crippen molar-refractivity contribution in [2.75, 3.05) is 34.5 Å². The fourth-order valence-corrected chi connectivity index (χ4v) is 4.49. The van der Waals surface area contributed by atoms with Gasteiger partial charge in [-0.25, -0.2) is 4.79 Å². The largest absolute Gasteiger partial charge is 0.444 e. The molecule has 2 heterocycles. The second-order valence-corrected chi connectivity index (χ2v) is 9.29. The molecule has 2 saturated heterocycles. The smallest absolute Gasteiger partial charge is 0.410 e. The summed E-state index contributed by atoms with van der Waals surface area (Å²) in [6.45, 7) is 10.0. The SMILES string of the molecule is COCC1C2OC(C)(OC)C(C)(OC)OC2CN(C(=O)OC(C)(C)C)C12CC2. The number of methoxy groups -OCH3 is 3. The standard InChI is InChI=1S/C20H35NO7/c1-17(2,3)28-16(22)21-11-14-15(13(12-23-6)20(21)9-10-20)27-19(5,25-8)18(4,24-7)26-14/h13-15H,9-12H2,1-8H3. The summed E-state index contributed by atoms with van der Waals surface area (Å²) in [5.41, 5.74) is -0.904. The summed E-state index contributed by atoms with van der Waals surface area (Å²) in [6, 6.07) is 0. The Morgan fingerprint density at radius 3 is 2.11 bits per heavy atom. The highest BCUT2D eigenvalue weighted by molar-refractivity contribution is 5.70. The van der Waals surface area contributed by atoms with Crippen LogP contribution >= 0.6 is 0 Å². The zero-order valence-corrected chi connectivity index (χ0v) is 18.4. The molecule has 0 bridgehead atoms. The van der Waals surface area contributed by atoms with Crippen molar-refractivity contribution >= 4 is 6.09 Å². The third-order valence-corrected chi connectivity index (χ3v) is 6.42. The molecule has 5 atom stereocenters. The van der Waals surface area contributed by atoms with E-state index < -0.39 is 17.2 Å². The number of fused-ring (bicyclic) bond motifs is 1. The molecule has 3 rings (SSSR count). The van der Waals surface area contributed by atoms with Crippen LogP contribution in [0.3, 0.4) is 0 Å². The van der Waals surface area contributed by atoms with Gasteiger partial charge < -0.3 is 28.4 Å². The Morgan fingerprint density at radius 1 is 1.07 bits per heavy atom. The summed E-state index contributed by atoms with van der Waals surface area (Å²) in [4.78, 5) is 14.8. The van der Waals surface area contributed by atoms with Crippen molar-refractivity contribution in [2.24, 2.45) is 5.92 Å². The first-order valence-electron chi connectivity index (χ1n) is 9.91. The lowest BCUT2D eigenvalue weighted by Crippen LogP contribution is -2.73. The number of carbonyl (C=O) groups is 1. The fourth-order valence-electron chi connectivity index (χ4n) is 4.49. The third kappa shape index (κ3) is 3.43. The number of carbonyl (C=O) groups excluding carboxylic acids is 1. The summed E-state index contributed by atoms with van der Waals surface area (Å²) in [5, 5.41) is 0. The summed E-state index contributed by atoms with van der Waals surface area (Å²) in [6.07, 6.45) is 0.782. The van der Waals surface area contributed by atoms with Crippen LogP contribution in [0.15, 0.2) is 0 Å². The molecule has 1 spiro atoms. The van der Waals surface area contributed by atoms with E-state index >= 15 is 0 Å². The van der Waals surface area contributed by atoms with E-state index in [-0.39, 0.29) is 29.8 Å². The Labute approximate surface area is 167 Å². The van der Waals surface area contributed by atoms with Crippen molar-refractivity contribution in [3.05, 3.63) is 0 Å². The van der Waals surface area contributed by atoms with Gasteiger partial charge in [0.2, 0.25) is 11.6 Å². The van der Waals surface area contributed by atoms with Crippen molar-refractivity contribution in [2.45, 2.75) is 82.4 Å². The van der Waals surface area contributed by atoms with Gasteiger partial charge in [-0.05, 0) is 47.5 Å². The van der Waals surface area contributed by atoms with Crippen molar-refractivity contribution in [1.82, 2.24) is 4.90 Å². The van der Waals surface area contributed by atoms with E-state index in [0.717, 1.165) is 12.8 Å². The molecule has 1 amide bonds. The minimum absolute atomic E-state index is 0.0559. The first-order chi connectivity index (χ1) is 13.0. The van der Waals surface area contributed by atoms with Gasteiger partial charge in [-0.3, -0.25) is 4.90 Å². The molecule has 3 fully saturated rings. The van der Waals surface area contributed by atoms with Crippen molar-refractivity contribution in [3.8, 4) is 0 Å². The highest BCUT2D eigenvalue weighted by atomic mass is 16.8. The van der Waals surface area contributed by atoms with Crippen molar-refractivity contribution in [3.63, 3.8) is 0 Å². The van der Waals surface area contributed by atoms with Gasteiger partial charge in [-0.2, -0.15) is 0 Å².